The van der Waals surface area contributed by atoms with Crippen LogP contribution in [0.4, 0.5) is 8.78 Å². The van der Waals surface area contributed by atoms with E-state index in [1.54, 1.807) is 0 Å². The average Bonchev–Trinajstić information content (AvgIpc) is 2.90. The van der Waals surface area contributed by atoms with Crippen LogP contribution in [0.3, 0.4) is 0 Å². The lowest BCUT2D eigenvalue weighted by Gasteiger charge is -2.39. The van der Waals surface area contributed by atoms with E-state index in [0.29, 0.717) is 24.8 Å². The van der Waals surface area contributed by atoms with Crippen molar-refractivity contribution in [3.05, 3.63) is 22.2 Å². The summed E-state index contributed by atoms with van der Waals surface area (Å²) in [6, 6.07) is 1.92. The van der Waals surface area contributed by atoms with Gasteiger partial charge >= 0.3 is 0 Å². The van der Waals surface area contributed by atoms with Gasteiger partial charge in [-0.3, -0.25) is 4.79 Å². The topological polar surface area (TPSA) is 49.2 Å². The fourth-order valence-electron chi connectivity index (χ4n) is 3.92. The second-order valence-electron chi connectivity index (χ2n) is 7.01. The highest BCUT2D eigenvalue weighted by Gasteiger charge is 2.37. The van der Waals surface area contributed by atoms with E-state index in [0.717, 1.165) is 31.6 Å². The van der Waals surface area contributed by atoms with Crippen molar-refractivity contribution in [2.75, 3.05) is 13.6 Å². The Morgan fingerprint density at radius 1 is 1.36 bits per heavy atom. The van der Waals surface area contributed by atoms with Gasteiger partial charge < -0.3 is 9.42 Å². The molecule has 4 nitrogen and oxygen atoms in total. The summed E-state index contributed by atoms with van der Waals surface area (Å²) < 4.78 is 31.8. The van der Waals surface area contributed by atoms with Crippen molar-refractivity contribution in [3.8, 4) is 0 Å². The zero-order valence-electron chi connectivity index (χ0n) is 13.0. The molecule has 0 aromatic carbocycles. The Hall–Kier alpha value is -1.17. The van der Waals surface area contributed by atoms with Gasteiger partial charge in [-0.1, -0.05) is 0 Å². The fraction of sp³-hybridized carbons (Fsp3) is 0.812. The number of nitrogens with zero attached hydrogens (tertiary/aromatic N) is 1. The zero-order valence-corrected chi connectivity index (χ0v) is 13.0. The van der Waals surface area contributed by atoms with E-state index in [1.165, 1.54) is 6.07 Å². The Morgan fingerprint density at radius 2 is 2.09 bits per heavy atom. The van der Waals surface area contributed by atoms with Gasteiger partial charge in [0.05, 0.1) is 0 Å². The molecule has 2 fully saturated rings. The zero-order chi connectivity index (χ0) is 15.7. The number of aromatic nitrogens is 1. The van der Waals surface area contributed by atoms with Crippen LogP contribution in [0.15, 0.2) is 15.4 Å². The summed E-state index contributed by atoms with van der Waals surface area (Å²) in [5, 5.41) is 2.35. The van der Waals surface area contributed by atoms with Gasteiger partial charge in [0.15, 0.2) is 0 Å². The highest BCUT2D eigenvalue weighted by atomic mass is 19.3. The van der Waals surface area contributed by atoms with Crippen LogP contribution in [0.1, 0.15) is 56.6 Å². The molecule has 1 aromatic heterocycles. The fourth-order valence-corrected chi connectivity index (χ4v) is 3.92. The molecule has 0 radical (unpaired) electrons. The second kappa shape index (κ2) is 6.14. The standard InChI is InChI=1S/C16H24F2N2O2/c1-20-7-4-12(14-10-15(21)19-22-14)9-13(20)8-11-2-5-16(17,18)6-3-11/h10-13H,2-9H2,1H3,(H,19,21)/t12-,13+/m0/s1. The predicted molar refractivity (Wildman–Crippen MR) is 79.2 cm³/mol. The number of likely N-dealkylation sites (tertiary alicyclic amines) is 1. The maximum absolute atomic E-state index is 13.3. The molecular weight excluding hydrogens is 290 g/mol. The van der Waals surface area contributed by atoms with Crippen molar-refractivity contribution < 1.29 is 13.3 Å². The number of piperidine rings is 1. The molecule has 0 unspecified atom stereocenters. The lowest BCUT2D eigenvalue weighted by molar-refractivity contribution is -0.0495. The molecule has 0 spiro atoms. The van der Waals surface area contributed by atoms with Crippen LogP contribution >= 0.6 is 0 Å². The number of rotatable bonds is 3. The van der Waals surface area contributed by atoms with Crippen LogP contribution in [0.5, 0.6) is 0 Å². The van der Waals surface area contributed by atoms with Crippen molar-refractivity contribution in [1.29, 1.82) is 0 Å². The minimum Gasteiger partial charge on any atom is -0.383 e. The third-order valence-corrected chi connectivity index (χ3v) is 5.40. The molecule has 0 amide bonds. The molecule has 2 aliphatic rings. The monoisotopic (exact) mass is 314 g/mol. The molecule has 2 heterocycles. The van der Waals surface area contributed by atoms with Crippen LogP contribution in [0, 0.1) is 5.92 Å². The number of alkyl halides is 2. The number of hydrogen-bond donors (Lipinski definition) is 1. The van der Waals surface area contributed by atoms with E-state index in [4.69, 9.17) is 4.52 Å². The van der Waals surface area contributed by atoms with Gasteiger partial charge in [-0.2, -0.15) is 5.16 Å². The first-order valence-electron chi connectivity index (χ1n) is 8.19. The van der Waals surface area contributed by atoms with Gasteiger partial charge in [-0.25, -0.2) is 8.78 Å². The van der Waals surface area contributed by atoms with E-state index in [2.05, 4.69) is 17.1 Å². The minimum atomic E-state index is -2.45. The average molecular weight is 314 g/mol. The largest absolute Gasteiger partial charge is 0.383 e. The summed E-state index contributed by atoms with van der Waals surface area (Å²) in [4.78, 5) is 13.6. The Labute approximate surface area is 128 Å². The summed E-state index contributed by atoms with van der Waals surface area (Å²) in [5.74, 6) is -1.07. The lowest BCUT2D eigenvalue weighted by Crippen LogP contribution is -2.41. The number of nitrogens with one attached hydrogen (secondary N) is 1. The second-order valence-corrected chi connectivity index (χ2v) is 7.01. The van der Waals surface area contributed by atoms with E-state index in [9.17, 15) is 13.6 Å². The molecule has 1 saturated heterocycles. The molecule has 6 heteroatoms. The third-order valence-electron chi connectivity index (χ3n) is 5.40. The minimum absolute atomic E-state index is 0.0320. The van der Waals surface area contributed by atoms with Crippen LogP contribution in [0.2, 0.25) is 0 Å². The van der Waals surface area contributed by atoms with Crippen molar-refractivity contribution in [2.45, 2.75) is 62.8 Å². The maximum Gasteiger partial charge on any atom is 0.280 e. The molecule has 3 rings (SSSR count). The summed E-state index contributed by atoms with van der Waals surface area (Å²) in [6.07, 6.45) is 4.19. The number of hydrogen-bond acceptors (Lipinski definition) is 3. The van der Waals surface area contributed by atoms with Crippen molar-refractivity contribution in [2.24, 2.45) is 5.92 Å². The maximum atomic E-state index is 13.3. The summed E-state index contributed by atoms with van der Waals surface area (Å²) in [6.45, 7) is 0.951. The lowest BCUT2D eigenvalue weighted by atomic mass is 9.79. The summed E-state index contributed by atoms with van der Waals surface area (Å²) in [5.41, 5.74) is -0.194. The van der Waals surface area contributed by atoms with Crippen LogP contribution in [-0.4, -0.2) is 35.6 Å². The SMILES string of the molecule is CN1CC[C@H](c2cc(=O)[nH]o2)C[C@H]1CC1CCC(F)(F)CC1. The van der Waals surface area contributed by atoms with Gasteiger partial charge in [0.25, 0.3) is 5.56 Å². The first-order valence-corrected chi connectivity index (χ1v) is 8.19. The quantitative estimate of drug-likeness (QED) is 0.930. The van der Waals surface area contributed by atoms with E-state index >= 15 is 0 Å². The van der Waals surface area contributed by atoms with Gasteiger partial charge in [0, 0.05) is 30.9 Å². The number of aromatic amines is 1. The van der Waals surface area contributed by atoms with Gasteiger partial charge in [0.1, 0.15) is 5.76 Å². The molecule has 1 aliphatic carbocycles. The van der Waals surface area contributed by atoms with Gasteiger partial charge in [0.2, 0.25) is 5.92 Å². The van der Waals surface area contributed by atoms with Crippen LogP contribution < -0.4 is 5.56 Å². The Bertz CT molecular complexity index is 544. The molecule has 1 aliphatic heterocycles. The molecule has 22 heavy (non-hydrogen) atoms. The summed E-state index contributed by atoms with van der Waals surface area (Å²) in [7, 11) is 2.10. The number of halogens is 2. The molecule has 1 N–H and O–H groups in total. The smallest absolute Gasteiger partial charge is 0.280 e. The highest BCUT2D eigenvalue weighted by Crippen LogP contribution is 2.40. The molecule has 1 aromatic rings. The van der Waals surface area contributed by atoms with Gasteiger partial charge in [-0.15, -0.1) is 0 Å². The molecule has 2 atom stereocenters. The molecule has 1 saturated carbocycles. The normalized spacial score (nSPS) is 30.5. The Kier molecular flexibility index (Phi) is 4.39. The van der Waals surface area contributed by atoms with E-state index < -0.39 is 5.92 Å². The highest BCUT2D eigenvalue weighted by molar-refractivity contribution is 5.05. The van der Waals surface area contributed by atoms with Crippen LogP contribution in [0.25, 0.3) is 0 Å². The molecular formula is C16H24F2N2O2. The van der Waals surface area contributed by atoms with Crippen molar-refractivity contribution in [3.63, 3.8) is 0 Å². The first kappa shape index (κ1) is 15.7. The van der Waals surface area contributed by atoms with Crippen molar-refractivity contribution in [1.82, 2.24) is 10.1 Å². The van der Waals surface area contributed by atoms with Crippen molar-refractivity contribution >= 4 is 0 Å². The predicted octanol–water partition coefficient (Wildman–Crippen LogP) is 3.36. The Morgan fingerprint density at radius 3 is 2.73 bits per heavy atom. The van der Waals surface area contributed by atoms with Gasteiger partial charge in [-0.05, 0) is 51.6 Å². The third kappa shape index (κ3) is 3.59. The van der Waals surface area contributed by atoms with E-state index in [1.807, 2.05) is 0 Å². The van der Waals surface area contributed by atoms with E-state index in [-0.39, 0.29) is 24.3 Å². The first-order chi connectivity index (χ1) is 10.4. The Balaban J connectivity index is 1.59. The number of H-pyrrole nitrogens is 1. The molecule has 0 bridgehead atoms. The van der Waals surface area contributed by atoms with Crippen LogP contribution in [-0.2, 0) is 0 Å². The summed E-state index contributed by atoms with van der Waals surface area (Å²) >= 11 is 0. The molecule has 124 valence electrons.